The van der Waals surface area contributed by atoms with E-state index in [4.69, 9.17) is 9.47 Å². The highest BCUT2D eigenvalue weighted by atomic mass is 16.5. The summed E-state index contributed by atoms with van der Waals surface area (Å²) < 4.78 is 11.1. The van der Waals surface area contributed by atoms with Crippen LogP contribution in [0.3, 0.4) is 0 Å². The molecule has 3 aromatic rings. The number of para-hydroxylation sites is 1. The zero-order valence-electron chi connectivity index (χ0n) is 16.3. The number of aromatic hydroxyl groups is 1. The quantitative estimate of drug-likeness (QED) is 0.421. The molecule has 0 aliphatic heterocycles. The Hall–Kier alpha value is -3.81. The van der Waals surface area contributed by atoms with Gasteiger partial charge in [-0.3, -0.25) is 9.89 Å². The molecule has 8 nitrogen and oxygen atoms in total. The zero-order valence-corrected chi connectivity index (χ0v) is 16.3. The standard InChI is InChI=1S/C21H22N4O4/c1-13(2)29-19-9-8-14(10-20(19)28-3)16-11-17(24-23-16)21(27)25-22-12-15-6-4-5-7-18(15)26/h4-13,26H,1-3H3,(H,23,24)(H,25,27). The van der Waals surface area contributed by atoms with Gasteiger partial charge in [0.05, 0.1) is 25.1 Å². The van der Waals surface area contributed by atoms with Gasteiger partial charge in [0.2, 0.25) is 0 Å². The molecule has 0 spiro atoms. The Labute approximate surface area is 168 Å². The number of aromatic nitrogens is 2. The van der Waals surface area contributed by atoms with Crippen LogP contribution in [0.2, 0.25) is 0 Å². The molecule has 0 aliphatic rings. The van der Waals surface area contributed by atoms with Crippen LogP contribution in [0.25, 0.3) is 11.3 Å². The molecule has 150 valence electrons. The second kappa shape index (κ2) is 8.92. The maximum absolute atomic E-state index is 12.3. The zero-order chi connectivity index (χ0) is 20.8. The van der Waals surface area contributed by atoms with Gasteiger partial charge in [-0.1, -0.05) is 12.1 Å². The number of nitrogens with one attached hydrogen (secondary N) is 2. The smallest absolute Gasteiger partial charge is 0.289 e. The molecule has 3 rings (SSSR count). The predicted molar refractivity (Wildman–Crippen MR) is 110 cm³/mol. The van der Waals surface area contributed by atoms with E-state index in [1.165, 1.54) is 12.3 Å². The topological polar surface area (TPSA) is 109 Å². The predicted octanol–water partition coefficient (Wildman–Crippen LogP) is 3.34. The Kier molecular flexibility index (Phi) is 6.13. The summed E-state index contributed by atoms with van der Waals surface area (Å²) in [5.41, 5.74) is 4.48. The lowest BCUT2D eigenvalue weighted by Gasteiger charge is -2.14. The summed E-state index contributed by atoms with van der Waals surface area (Å²) in [5.74, 6) is 0.839. The van der Waals surface area contributed by atoms with E-state index in [1.807, 2.05) is 19.9 Å². The number of hydrazone groups is 1. The first kappa shape index (κ1) is 19.9. The van der Waals surface area contributed by atoms with Crippen LogP contribution in [0.1, 0.15) is 29.9 Å². The molecule has 0 saturated heterocycles. The summed E-state index contributed by atoms with van der Waals surface area (Å²) in [6.45, 7) is 3.88. The van der Waals surface area contributed by atoms with Crippen molar-refractivity contribution >= 4 is 12.1 Å². The van der Waals surface area contributed by atoms with E-state index >= 15 is 0 Å². The van der Waals surface area contributed by atoms with Gasteiger partial charge in [0.15, 0.2) is 11.5 Å². The van der Waals surface area contributed by atoms with Crippen molar-refractivity contribution in [2.45, 2.75) is 20.0 Å². The molecule has 8 heteroatoms. The lowest BCUT2D eigenvalue weighted by atomic mass is 10.1. The first-order valence-corrected chi connectivity index (χ1v) is 9.00. The Morgan fingerprint density at radius 2 is 2.00 bits per heavy atom. The molecule has 1 aromatic heterocycles. The number of phenols is 1. The summed E-state index contributed by atoms with van der Waals surface area (Å²) in [5, 5.41) is 20.4. The van der Waals surface area contributed by atoms with Crippen LogP contribution in [-0.2, 0) is 0 Å². The second-order valence-corrected chi connectivity index (χ2v) is 6.46. The van der Waals surface area contributed by atoms with Crippen LogP contribution in [0.5, 0.6) is 17.2 Å². The van der Waals surface area contributed by atoms with E-state index in [0.29, 0.717) is 22.8 Å². The highest BCUT2D eigenvalue weighted by molar-refractivity contribution is 5.94. The molecule has 29 heavy (non-hydrogen) atoms. The SMILES string of the molecule is COc1cc(-c2cc(C(=O)NN=Cc3ccccc3O)[nH]n2)ccc1OC(C)C. The van der Waals surface area contributed by atoms with Gasteiger partial charge in [0.1, 0.15) is 11.4 Å². The van der Waals surface area contributed by atoms with Crippen molar-refractivity contribution in [1.29, 1.82) is 0 Å². The number of carbonyl (C=O) groups is 1. The molecule has 0 radical (unpaired) electrons. The van der Waals surface area contributed by atoms with Gasteiger partial charge >= 0.3 is 0 Å². The van der Waals surface area contributed by atoms with Crippen molar-refractivity contribution in [3.8, 4) is 28.5 Å². The summed E-state index contributed by atoms with van der Waals surface area (Å²) in [6.07, 6.45) is 1.39. The van der Waals surface area contributed by atoms with E-state index in [2.05, 4.69) is 20.7 Å². The summed E-state index contributed by atoms with van der Waals surface area (Å²) in [6, 6.07) is 13.7. The number of methoxy groups -OCH3 is 1. The third-order valence-electron chi connectivity index (χ3n) is 3.95. The van der Waals surface area contributed by atoms with Gasteiger partial charge in [-0.05, 0) is 50.2 Å². The summed E-state index contributed by atoms with van der Waals surface area (Å²) in [7, 11) is 1.57. The number of rotatable bonds is 7. The average molecular weight is 394 g/mol. The van der Waals surface area contributed by atoms with Crippen molar-refractivity contribution in [3.63, 3.8) is 0 Å². The van der Waals surface area contributed by atoms with Gasteiger partial charge in [-0.15, -0.1) is 0 Å². The van der Waals surface area contributed by atoms with Crippen molar-refractivity contribution in [2.24, 2.45) is 5.10 Å². The van der Waals surface area contributed by atoms with Gasteiger partial charge in [-0.2, -0.15) is 10.2 Å². The minimum absolute atomic E-state index is 0.0220. The van der Waals surface area contributed by atoms with Crippen molar-refractivity contribution in [3.05, 3.63) is 59.8 Å². The fraction of sp³-hybridized carbons (Fsp3) is 0.190. The lowest BCUT2D eigenvalue weighted by Crippen LogP contribution is -2.18. The minimum atomic E-state index is -0.456. The van der Waals surface area contributed by atoms with E-state index in [1.54, 1.807) is 43.5 Å². The van der Waals surface area contributed by atoms with Crippen LogP contribution < -0.4 is 14.9 Å². The fourth-order valence-corrected chi connectivity index (χ4v) is 2.58. The minimum Gasteiger partial charge on any atom is -0.507 e. The Morgan fingerprint density at radius 3 is 2.72 bits per heavy atom. The highest BCUT2D eigenvalue weighted by Gasteiger charge is 2.13. The maximum Gasteiger partial charge on any atom is 0.289 e. The largest absolute Gasteiger partial charge is 0.507 e. The Bertz CT molecular complexity index is 1030. The number of nitrogens with zero attached hydrogens (tertiary/aromatic N) is 2. The molecule has 0 unspecified atom stereocenters. The lowest BCUT2D eigenvalue weighted by molar-refractivity contribution is 0.0950. The van der Waals surface area contributed by atoms with Gasteiger partial charge in [0, 0.05) is 11.1 Å². The molecule has 2 aromatic carbocycles. The van der Waals surface area contributed by atoms with Crippen molar-refractivity contribution in [2.75, 3.05) is 7.11 Å². The number of carbonyl (C=O) groups excluding carboxylic acids is 1. The van der Waals surface area contributed by atoms with Crippen LogP contribution in [0.4, 0.5) is 0 Å². The fourth-order valence-electron chi connectivity index (χ4n) is 2.58. The van der Waals surface area contributed by atoms with Crippen molar-refractivity contribution in [1.82, 2.24) is 15.6 Å². The third-order valence-corrected chi connectivity index (χ3v) is 3.95. The summed E-state index contributed by atoms with van der Waals surface area (Å²) >= 11 is 0. The van der Waals surface area contributed by atoms with Crippen LogP contribution >= 0.6 is 0 Å². The molecule has 3 N–H and O–H groups in total. The number of phenolic OH excluding ortho intramolecular Hbond substituents is 1. The van der Waals surface area contributed by atoms with Crippen LogP contribution in [-0.4, -0.2) is 40.6 Å². The molecular formula is C21H22N4O4. The third kappa shape index (κ3) is 4.92. The van der Waals surface area contributed by atoms with Gasteiger partial charge in [-0.25, -0.2) is 5.43 Å². The first-order valence-electron chi connectivity index (χ1n) is 9.00. The number of H-pyrrole nitrogens is 1. The molecular weight excluding hydrogens is 372 g/mol. The van der Waals surface area contributed by atoms with Gasteiger partial charge in [0.25, 0.3) is 5.91 Å². The molecule has 0 saturated carbocycles. The van der Waals surface area contributed by atoms with Crippen molar-refractivity contribution < 1.29 is 19.4 Å². The average Bonchev–Trinajstić information content (AvgIpc) is 3.19. The molecule has 0 fully saturated rings. The number of hydrogen-bond donors (Lipinski definition) is 3. The molecule has 0 atom stereocenters. The Morgan fingerprint density at radius 1 is 1.21 bits per heavy atom. The molecule has 0 bridgehead atoms. The number of hydrogen-bond acceptors (Lipinski definition) is 6. The monoisotopic (exact) mass is 394 g/mol. The van der Waals surface area contributed by atoms with Crippen LogP contribution in [0, 0.1) is 0 Å². The molecule has 1 amide bonds. The number of aromatic amines is 1. The highest BCUT2D eigenvalue weighted by Crippen LogP contribution is 2.32. The second-order valence-electron chi connectivity index (χ2n) is 6.46. The number of ether oxygens (including phenoxy) is 2. The van der Waals surface area contributed by atoms with Crippen LogP contribution in [0.15, 0.2) is 53.6 Å². The van der Waals surface area contributed by atoms with E-state index < -0.39 is 5.91 Å². The molecule has 0 aliphatic carbocycles. The van der Waals surface area contributed by atoms with E-state index in [9.17, 15) is 9.90 Å². The van der Waals surface area contributed by atoms with E-state index in [0.717, 1.165) is 5.56 Å². The number of benzene rings is 2. The molecule has 1 heterocycles. The van der Waals surface area contributed by atoms with Gasteiger partial charge < -0.3 is 14.6 Å². The Balaban J connectivity index is 1.71. The van der Waals surface area contributed by atoms with E-state index in [-0.39, 0.29) is 17.5 Å². The number of amides is 1. The summed E-state index contributed by atoms with van der Waals surface area (Å²) in [4.78, 5) is 12.3. The first-order chi connectivity index (χ1) is 14.0. The normalized spacial score (nSPS) is 11.0. The maximum atomic E-state index is 12.3.